The van der Waals surface area contributed by atoms with Crippen molar-refractivity contribution in [2.45, 2.75) is 213 Å². The molecule has 0 atom stereocenters. The molecule has 0 fully saturated rings. The Balaban J connectivity index is 1.70. The first-order chi connectivity index (χ1) is 29.1. The minimum Gasteiger partial charge on any atom is -0.490 e. The highest BCUT2D eigenvalue weighted by Crippen LogP contribution is 2.42. The predicted molar refractivity (Wildman–Crippen MR) is 244 cm³/mol. The van der Waals surface area contributed by atoms with Crippen LogP contribution in [0.4, 0.5) is 5.69 Å². The van der Waals surface area contributed by atoms with Crippen molar-refractivity contribution in [3.8, 4) is 40.2 Å². The summed E-state index contributed by atoms with van der Waals surface area (Å²) in [5.74, 6) is 2.54. The van der Waals surface area contributed by atoms with Crippen LogP contribution in [0.5, 0.6) is 17.2 Å². The standard InChI is InChI=1S/C50H81N3O6/c1-4-7-10-13-16-19-22-25-28-31-38-56-46-41-44(50-52-51-49(59-50)43-34-36-45(37-35-43)53(54)55)42-47(57-39-32-29-26-23-20-17-14-11-8-5-2)48(46)58-40-33-30-27-24-21-18-15-12-9-6-3/h34-37,41-42H,4-33,38-40H2,1-3H3. The van der Waals surface area contributed by atoms with E-state index < -0.39 is 4.92 Å². The van der Waals surface area contributed by atoms with E-state index in [1.165, 1.54) is 166 Å². The van der Waals surface area contributed by atoms with Gasteiger partial charge in [-0.3, -0.25) is 10.1 Å². The van der Waals surface area contributed by atoms with E-state index in [1.54, 1.807) is 12.1 Å². The molecule has 0 N–H and O–H groups in total. The van der Waals surface area contributed by atoms with Gasteiger partial charge in [0.2, 0.25) is 17.5 Å². The molecule has 0 saturated heterocycles. The molecule has 59 heavy (non-hydrogen) atoms. The fourth-order valence-corrected chi connectivity index (χ4v) is 7.55. The van der Waals surface area contributed by atoms with E-state index in [1.807, 2.05) is 12.1 Å². The van der Waals surface area contributed by atoms with Gasteiger partial charge in [0.25, 0.3) is 5.69 Å². The molecule has 3 rings (SSSR count). The van der Waals surface area contributed by atoms with Crippen LogP contribution >= 0.6 is 0 Å². The lowest BCUT2D eigenvalue weighted by atomic mass is 10.1. The monoisotopic (exact) mass is 820 g/mol. The Hall–Kier alpha value is -3.62. The summed E-state index contributed by atoms with van der Waals surface area (Å²) in [6, 6.07) is 10.0. The molecular weight excluding hydrogens is 739 g/mol. The van der Waals surface area contributed by atoms with E-state index in [0.717, 1.165) is 38.5 Å². The normalized spacial score (nSPS) is 11.3. The van der Waals surface area contributed by atoms with Gasteiger partial charge in [0.05, 0.1) is 24.7 Å². The molecule has 332 valence electrons. The number of benzene rings is 2. The fraction of sp³-hybridized carbons (Fsp3) is 0.720. The quantitative estimate of drug-likeness (QED) is 0.0318. The number of rotatable bonds is 39. The minimum absolute atomic E-state index is 0.00952. The van der Waals surface area contributed by atoms with Crippen molar-refractivity contribution < 1.29 is 23.6 Å². The highest BCUT2D eigenvalue weighted by molar-refractivity contribution is 5.67. The Labute approximate surface area is 358 Å². The SMILES string of the molecule is CCCCCCCCCCCCOc1cc(-c2nnc(-c3ccc([N+](=O)[O-])cc3)o2)cc(OCCCCCCCCCCCC)c1OCCCCCCCCCCCC. The second-order valence-corrected chi connectivity index (χ2v) is 16.6. The smallest absolute Gasteiger partial charge is 0.269 e. The van der Waals surface area contributed by atoms with Gasteiger partial charge in [0.1, 0.15) is 0 Å². The average molecular weight is 820 g/mol. The molecule has 0 spiro atoms. The van der Waals surface area contributed by atoms with Gasteiger partial charge >= 0.3 is 0 Å². The number of hydrogen-bond donors (Lipinski definition) is 0. The minimum atomic E-state index is -0.419. The molecule has 3 aromatic rings. The number of aromatic nitrogens is 2. The van der Waals surface area contributed by atoms with Crippen molar-refractivity contribution in [2.75, 3.05) is 19.8 Å². The Morgan fingerprint density at radius 1 is 0.458 bits per heavy atom. The largest absolute Gasteiger partial charge is 0.490 e. The summed E-state index contributed by atoms with van der Waals surface area (Å²) in [5.41, 5.74) is 1.31. The Morgan fingerprint density at radius 2 is 0.780 bits per heavy atom. The van der Waals surface area contributed by atoms with Crippen LogP contribution < -0.4 is 14.2 Å². The van der Waals surface area contributed by atoms with Crippen molar-refractivity contribution in [3.05, 3.63) is 46.5 Å². The maximum Gasteiger partial charge on any atom is 0.269 e. The zero-order valence-electron chi connectivity index (χ0n) is 37.6. The third-order valence-electron chi connectivity index (χ3n) is 11.3. The summed E-state index contributed by atoms with van der Waals surface area (Å²) >= 11 is 0. The molecule has 0 radical (unpaired) electrons. The molecule has 0 aliphatic rings. The lowest BCUT2D eigenvalue weighted by molar-refractivity contribution is -0.384. The van der Waals surface area contributed by atoms with Crippen molar-refractivity contribution in [3.63, 3.8) is 0 Å². The molecule has 2 aromatic carbocycles. The number of non-ortho nitro benzene ring substituents is 1. The average Bonchev–Trinajstić information content (AvgIpc) is 3.75. The van der Waals surface area contributed by atoms with Crippen LogP contribution in [-0.4, -0.2) is 34.9 Å². The Bertz CT molecular complexity index is 1430. The first kappa shape index (κ1) is 49.7. The fourth-order valence-electron chi connectivity index (χ4n) is 7.55. The highest BCUT2D eigenvalue weighted by Gasteiger charge is 2.20. The summed E-state index contributed by atoms with van der Waals surface area (Å²) in [7, 11) is 0. The van der Waals surface area contributed by atoms with Crippen molar-refractivity contribution in [1.82, 2.24) is 10.2 Å². The van der Waals surface area contributed by atoms with E-state index in [0.29, 0.717) is 54.1 Å². The maximum absolute atomic E-state index is 11.2. The van der Waals surface area contributed by atoms with Crippen LogP contribution in [0.2, 0.25) is 0 Å². The van der Waals surface area contributed by atoms with Crippen LogP contribution in [0.15, 0.2) is 40.8 Å². The summed E-state index contributed by atoms with van der Waals surface area (Å²) < 4.78 is 25.8. The van der Waals surface area contributed by atoms with Gasteiger partial charge in [-0.2, -0.15) is 0 Å². The summed E-state index contributed by atoms with van der Waals surface area (Å²) in [4.78, 5) is 10.8. The number of hydrogen-bond acceptors (Lipinski definition) is 8. The van der Waals surface area contributed by atoms with Crippen LogP contribution in [-0.2, 0) is 0 Å². The maximum atomic E-state index is 11.2. The Morgan fingerprint density at radius 3 is 1.14 bits per heavy atom. The number of nitro benzene ring substituents is 1. The third-order valence-corrected chi connectivity index (χ3v) is 11.3. The van der Waals surface area contributed by atoms with Crippen molar-refractivity contribution >= 4 is 5.69 Å². The van der Waals surface area contributed by atoms with Gasteiger partial charge in [-0.15, -0.1) is 10.2 Å². The molecule has 1 heterocycles. The Kier molecular flexibility index (Phi) is 27.9. The molecule has 0 amide bonds. The van der Waals surface area contributed by atoms with E-state index in [-0.39, 0.29) is 11.6 Å². The van der Waals surface area contributed by atoms with Gasteiger partial charge in [-0.1, -0.05) is 194 Å². The number of nitrogens with zero attached hydrogens (tertiary/aromatic N) is 3. The van der Waals surface area contributed by atoms with Gasteiger partial charge in [0, 0.05) is 23.3 Å². The molecule has 0 bridgehead atoms. The number of nitro groups is 1. The summed E-state index contributed by atoms with van der Waals surface area (Å²) in [6.45, 7) is 8.58. The molecule has 0 unspecified atom stereocenters. The molecule has 1 aromatic heterocycles. The van der Waals surface area contributed by atoms with E-state index in [9.17, 15) is 10.1 Å². The van der Waals surface area contributed by atoms with Gasteiger partial charge < -0.3 is 18.6 Å². The van der Waals surface area contributed by atoms with E-state index in [2.05, 4.69) is 31.0 Å². The van der Waals surface area contributed by atoms with Crippen LogP contribution in [0.25, 0.3) is 22.9 Å². The lowest BCUT2D eigenvalue weighted by Gasteiger charge is -2.18. The predicted octanol–water partition coefficient (Wildman–Crippen LogP) is 16.2. The highest BCUT2D eigenvalue weighted by atomic mass is 16.6. The van der Waals surface area contributed by atoms with Crippen LogP contribution in [0.1, 0.15) is 213 Å². The molecule has 9 heteroatoms. The summed E-state index contributed by atoms with van der Waals surface area (Å²) in [6.07, 6.45) is 37.9. The zero-order valence-corrected chi connectivity index (χ0v) is 37.6. The number of unbranched alkanes of at least 4 members (excludes halogenated alkanes) is 27. The van der Waals surface area contributed by atoms with Gasteiger partial charge in [-0.05, 0) is 43.5 Å². The second kappa shape index (κ2) is 33.1. The third kappa shape index (κ3) is 22.0. The van der Waals surface area contributed by atoms with Crippen molar-refractivity contribution in [1.29, 1.82) is 0 Å². The first-order valence-electron chi connectivity index (χ1n) is 24.2. The van der Waals surface area contributed by atoms with E-state index in [4.69, 9.17) is 18.6 Å². The van der Waals surface area contributed by atoms with E-state index >= 15 is 0 Å². The molecule has 0 aliphatic heterocycles. The van der Waals surface area contributed by atoms with Gasteiger partial charge in [-0.25, -0.2) is 0 Å². The second-order valence-electron chi connectivity index (χ2n) is 16.6. The molecular formula is C50H81N3O6. The summed E-state index contributed by atoms with van der Waals surface area (Å²) in [5, 5.41) is 19.9. The van der Waals surface area contributed by atoms with Crippen LogP contribution in [0.3, 0.4) is 0 Å². The molecule has 0 aliphatic carbocycles. The van der Waals surface area contributed by atoms with Crippen molar-refractivity contribution in [2.24, 2.45) is 0 Å². The lowest BCUT2D eigenvalue weighted by Crippen LogP contribution is -2.07. The molecule has 9 nitrogen and oxygen atoms in total. The van der Waals surface area contributed by atoms with Gasteiger partial charge in [0.15, 0.2) is 11.5 Å². The zero-order chi connectivity index (χ0) is 42.0. The first-order valence-corrected chi connectivity index (χ1v) is 24.2. The number of ether oxygens (including phenoxy) is 3. The molecule has 0 saturated carbocycles. The van der Waals surface area contributed by atoms with Crippen LogP contribution in [0, 0.1) is 10.1 Å². The topological polar surface area (TPSA) is 110 Å².